The van der Waals surface area contributed by atoms with E-state index in [4.69, 9.17) is 47.1 Å². The van der Waals surface area contributed by atoms with Gasteiger partial charge in [-0.25, -0.2) is 23.9 Å². The van der Waals surface area contributed by atoms with Crippen LogP contribution in [0.2, 0.25) is 5.28 Å². The number of aliphatic carboxylic acids is 1. The largest absolute Gasteiger partial charge is 0.481 e. The standard InChI is InChI=1S/C18H17FN4O2S.C15H18N6O6S.C8H14ClN5.C3H8NO5P/c1-4-5-22-13-7-12(11(19)6-14(13)25-9-16(22)24)20-17-23-10-18(2,3)8-15(23)21-26-17;1-21(2)13(22)9-6-5-7-16-12(9)28(24,25)20-15(23)19-14-17-10(26-3)8-11(18-14)27-4;1-4-10-7-12-6(9)13-8(14-7)11-5(2)3;5-3(6)1-4-2-10(7,8)9/h1,6-7H,5,8-10H2,2-3H3;5-8H,1-4H3,(H2,17,18,19,20,23);5H,4H2,1-3H3,(H2,10,11,12,13,14);4H,1-2H2,(H,5,6)(H2,7,8,9)/b20-17-;;;. The molecular weight excluding hydrogens is 1110 g/mol. The van der Waals surface area contributed by atoms with Crippen molar-refractivity contribution in [2.75, 3.05) is 81.7 Å². The number of carboxylic acid groups (broad SMARTS) is 1. The zero-order chi connectivity index (χ0) is 58.1. The molecular formula is C44H57ClFN16O13PS2. The lowest BCUT2D eigenvalue weighted by atomic mass is 9.92. The molecule has 0 radical (unpaired) electrons. The molecule has 29 nitrogen and oxygen atoms in total. The lowest BCUT2D eigenvalue weighted by Gasteiger charge is -2.28. The molecule has 0 saturated carbocycles. The van der Waals surface area contributed by atoms with Crippen LogP contribution in [0.4, 0.5) is 38.4 Å². The first kappa shape index (κ1) is 62.9. The van der Waals surface area contributed by atoms with Gasteiger partial charge in [0.1, 0.15) is 17.3 Å². The van der Waals surface area contributed by atoms with Crippen molar-refractivity contribution < 1.29 is 65.7 Å². The van der Waals surface area contributed by atoms with Crippen LogP contribution in [0.15, 0.2) is 46.5 Å². The van der Waals surface area contributed by atoms with Gasteiger partial charge in [0, 0.05) is 63.4 Å². The number of nitrogens with one attached hydrogen (secondary N) is 5. The van der Waals surface area contributed by atoms with Crippen molar-refractivity contribution in [3.8, 4) is 29.9 Å². The van der Waals surface area contributed by atoms with Crippen LogP contribution in [-0.2, 0) is 37.1 Å². The summed E-state index contributed by atoms with van der Waals surface area (Å²) in [6, 6.07) is 5.93. The molecule has 1 aromatic carbocycles. The number of terminal acetylenes is 1. The van der Waals surface area contributed by atoms with E-state index in [1.165, 1.54) is 86.2 Å². The summed E-state index contributed by atoms with van der Waals surface area (Å²) in [5.41, 5.74) is 0.490. The Hall–Kier alpha value is -7.66. The summed E-state index contributed by atoms with van der Waals surface area (Å²) in [7, 11) is -2.94. The van der Waals surface area contributed by atoms with Gasteiger partial charge in [-0.05, 0) is 56.0 Å². The van der Waals surface area contributed by atoms with Gasteiger partial charge in [-0.2, -0.15) is 37.7 Å². The molecule has 2 aliphatic rings. The minimum atomic E-state index is -4.46. The number of pyridine rings is 1. The molecule has 34 heteroatoms. The molecule has 78 heavy (non-hydrogen) atoms. The lowest BCUT2D eigenvalue weighted by Crippen LogP contribution is -2.39. The zero-order valence-electron chi connectivity index (χ0n) is 43.4. The first-order valence-corrected chi connectivity index (χ1v) is 27.2. The number of anilines is 4. The number of carbonyl (C=O) groups excluding carboxylic acids is 3. The normalized spacial score (nSPS) is 13.3. The van der Waals surface area contributed by atoms with Crippen LogP contribution < -0.4 is 49.9 Å². The molecule has 5 aromatic rings. The van der Waals surface area contributed by atoms with Crippen LogP contribution in [-0.4, -0.2) is 158 Å². The van der Waals surface area contributed by atoms with E-state index >= 15 is 0 Å². The molecule has 0 saturated heterocycles. The minimum absolute atomic E-state index is 0.0913. The van der Waals surface area contributed by atoms with Gasteiger partial charge in [0.15, 0.2) is 17.5 Å². The molecule has 0 bridgehead atoms. The average Bonchev–Trinajstić information content (AvgIpc) is 3.94. The van der Waals surface area contributed by atoms with Gasteiger partial charge in [-0.15, -0.1) is 6.42 Å². The van der Waals surface area contributed by atoms with E-state index in [1.54, 1.807) is 4.72 Å². The van der Waals surface area contributed by atoms with E-state index in [9.17, 15) is 36.6 Å². The maximum atomic E-state index is 14.5. The molecule has 0 unspecified atom stereocenters. The third kappa shape index (κ3) is 19.1. The van der Waals surface area contributed by atoms with Crippen LogP contribution in [0.1, 0.15) is 50.8 Å². The Balaban J connectivity index is 0.000000241. The van der Waals surface area contributed by atoms with Crippen molar-refractivity contribution >= 4 is 93.8 Å². The highest BCUT2D eigenvalue weighted by Gasteiger charge is 2.32. The number of fused-ring (bicyclic) bond motifs is 2. The molecule has 0 spiro atoms. The highest BCUT2D eigenvalue weighted by atomic mass is 35.5. The number of rotatable bonds is 16. The number of sulfonamides is 1. The van der Waals surface area contributed by atoms with Crippen molar-refractivity contribution in [1.82, 2.24) is 53.8 Å². The third-order valence-electron chi connectivity index (χ3n) is 9.60. The minimum Gasteiger partial charge on any atom is -0.481 e. The molecule has 8 N–H and O–H groups in total. The SMILES string of the molecule is C#CCN1C(=O)COc2cc(F)c(/N=c3\snc4n3CC(C)(C)C4)cc21.CCNc1nc(Cl)nc(NC(C)C)n1.COc1cc(OC)nc(NC(=O)NS(=O)(=O)c2ncccc2C(=O)N(C)C)n1.O=C(O)CNCP(=O)(O)O. The summed E-state index contributed by atoms with van der Waals surface area (Å²) >= 11 is 6.97. The second kappa shape index (κ2) is 28.1. The maximum Gasteiger partial charge on any atom is 0.339 e. The second-order valence-corrected chi connectivity index (χ2v) is 21.6. The quantitative estimate of drug-likeness (QED) is 0.0520. The number of aromatic nitrogens is 8. The highest BCUT2D eigenvalue weighted by Crippen LogP contribution is 2.38. The van der Waals surface area contributed by atoms with Gasteiger partial charge in [0.25, 0.3) is 21.8 Å². The number of carbonyl (C=O) groups is 4. The molecule has 2 aliphatic heterocycles. The molecule has 422 valence electrons. The predicted molar refractivity (Wildman–Crippen MR) is 283 cm³/mol. The van der Waals surface area contributed by atoms with E-state index in [0.717, 1.165) is 25.3 Å². The zero-order valence-corrected chi connectivity index (χ0v) is 46.7. The van der Waals surface area contributed by atoms with Crippen LogP contribution in [0, 0.1) is 23.6 Å². The Kier molecular flexibility index (Phi) is 22.7. The number of amides is 4. The number of methoxy groups -OCH3 is 2. The van der Waals surface area contributed by atoms with Crippen molar-refractivity contribution in [2.24, 2.45) is 10.4 Å². The van der Waals surface area contributed by atoms with Crippen LogP contribution >= 0.6 is 30.7 Å². The Bertz CT molecular complexity index is 3220. The fraction of sp³-hybridized carbons (Fsp3) is 0.409. The fourth-order valence-electron chi connectivity index (χ4n) is 6.44. The summed E-state index contributed by atoms with van der Waals surface area (Å²) in [6.07, 6.45) is 6.81. The Morgan fingerprint density at radius 1 is 1.08 bits per heavy atom. The molecule has 4 amide bonds. The molecule has 7 rings (SSSR count). The van der Waals surface area contributed by atoms with Crippen LogP contribution in [0.25, 0.3) is 0 Å². The Morgan fingerprint density at radius 3 is 2.33 bits per heavy atom. The monoisotopic (exact) mass is 1170 g/mol. The number of carboxylic acids is 1. The summed E-state index contributed by atoms with van der Waals surface area (Å²) in [5.74, 6) is 2.11. The summed E-state index contributed by atoms with van der Waals surface area (Å²) in [4.78, 5) is 93.6. The third-order valence-corrected chi connectivity index (χ3v) is 12.5. The molecule has 6 heterocycles. The molecule has 0 aliphatic carbocycles. The lowest BCUT2D eigenvalue weighted by molar-refractivity contribution is -0.135. The molecule has 4 aromatic heterocycles. The maximum absolute atomic E-state index is 14.5. The van der Waals surface area contributed by atoms with Crippen LogP contribution in [0.5, 0.6) is 17.5 Å². The number of halogens is 2. The topological polar surface area (TPSA) is 382 Å². The number of benzene rings is 1. The number of nitrogens with zero attached hydrogens (tertiary/aromatic N) is 11. The number of ether oxygens (including phenoxy) is 3. The van der Waals surface area contributed by atoms with Gasteiger partial charge in [-0.1, -0.05) is 19.8 Å². The Labute approximate surface area is 455 Å². The van der Waals surface area contributed by atoms with Gasteiger partial charge >= 0.3 is 19.6 Å². The van der Waals surface area contributed by atoms with E-state index in [-0.39, 0.29) is 64.8 Å². The first-order valence-electron chi connectivity index (χ1n) is 22.8. The van der Waals surface area contributed by atoms with Gasteiger partial charge in [0.2, 0.25) is 39.7 Å². The van der Waals surface area contributed by atoms with Crippen LogP contribution in [0.3, 0.4) is 0 Å². The predicted octanol–water partition coefficient (Wildman–Crippen LogP) is 2.93. The highest BCUT2D eigenvalue weighted by molar-refractivity contribution is 7.90. The summed E-state index contributed by atoms with van der Waals surface area (Å²) in [6.45, 7) is 11.3. The smallest absolute Gasteiger partial charge is 0.339 e. The van der Waals surface area contributed by atoms with Crippen molar-refractivity contribution in [3.05, 3.63) is 63.8 Å². The number of hydrogen-bond donors (Lipinski definition) is 8. The van der Waals surface area contributed by atoms with Crippen molar-refractivity contribution in [3.63, 3.8) is 0 Å². The van der Waals surface area contributed by atoms with Gasteiger partial charge < -0.3 is 49.2 Å². The Morgan fingerprint density at radius 2 is 1.74 bits per heavy atom. The molecule has 0 atom stereocenters. The van der Waals surface area contributed by atoms with Crippen molar-refractivity contribution in [1.29, 1.82) is 0 Å². The summed E-state index contributed by atoms with van der Waals surface area (Å²) in [5, 5.41) is 17.8. The van der Waals surface area contributed by atoms with E-state index in [1.807, 2.05) is 25.3 Å². The summed E-state index contributed by atoms with van der Waals surface area (Å²) < 4.78 is 73.1. The first-order chi connectivity index (χ1) is 36.6. The number of hydrogen-bond acceptors (Lipinski definition) is 22. The average molecular weight is 1170 g/mol. The van der Waals surface area contributed by atoms with Gasteiger partial charge in [-0.3, -0.25) is 34.5 Å². The fourth-order valence-corrected chi connectivity index (χ4v) is 8.80. The second-order valence-electron chi connectivity index (χ2n) is 17.3. The van der Waals surface area contributed by atoms with E-state index in [2.05, 4.69) is 80.3 Å². The van der Waals surface area contributed by atoms with Gasteiger partial charge in [0.05, 0.1) is 50.9 Å². The van der Waals surface area contributed by atoms with Crippen molar-refractivity contribution in [2.45, 2.75) is 58.7 Å². The molecule has 0 fully saturated rings. The van der Waals surface area contributed by atoms with E-state index in [0.29, 0.717) is 28.1 Å². The number of urea groups is 1. The van der Waals surface area contributed by atoms with E-state index < -0.39 is 59.2 Å².